The van der Waals surface area contributed by atoms with Crippen molar-refractivity contribution in [3.05, 3.63) is 66.2 Å². The van der Waals surface area contributed by atoms with Gasteiger partial charge in [-0.15, -0.1) is 0 Å². The first-order chi connectivity index (χ1) is 14.3. The van der Waals surface area contributed by atoms with Gasteiger partial charge in [0.25, 0.3) is 0 Å². The summed E-state index contributed by atoms with van der Waals surface area (Å²) in [5, 5.41) is 2.88. The molecule has 0 aliphatic carbocycles. The quantitative estimate of drug-likeness (QED) is 0.729. The van der Waals surface area contributed by atoms with Gasteiger partial charge in [0, 0.05) is 19.6 Å². The van der Waals surface area contributed by atoms with Crippen LogP contribution in [-0.2, 0) is 26.2 Å². The first-order valence-corrected chi connectivity index (χ1v) is 11.4. The Labute approximate surface area is 177 Å². The van der Waals surface area contributed by atoms with E-state index >= 15 is 0 Å². The smallest absolute Gasteiger partial charge is 0.247 e. The molecule has 30 heavy (non-hydrogen) atoms. The molecule has 1 fully saturated rings. The van der Waals surface area contributed by atoms with E-state index in [-0.39, 0.29) is 29.8 Å². The number of carbonyl (C=O) groups excluding carboxylic acids is 2. The van der Waals surface area contributed by atoms with Gasteiger partial charge in [-0.25, -0.2) is 8.42 Å². The maximum absolute atomic E-state index is 13.2. The van der Waals surface area contributed by atoms with Crippen LogP contribution in [-0.4, -0.2) is 54.6 Å². The molecular weight excluding hydrogens is 402 g/mol. The van der Waals surface area contributed by atoms with Gasteiger partial charge in [-0.05, 0) is 31.0 Å². The number of hydrogen-bond acceptors (Lipinski definition) is 4. The van der Waals surface area contributed by atoms with Gasteiger partial charge in [-0.3, -0.25) is 9.59 Å². The fourth-order valence-electron chi connectivity index (χ4n) is 3.67. The molecule has 1 atom stereocenters. The monoisotopic (exact) mass is 429 g/mol. The Balaban J connectivity index is 1.88. The van der Waals surface area contributed by atoms with Crippen molar-refractivity contribution in [3.8, 4) is 0 Å². The van der Waals surface area contributed by atoms with Crippen molar-refractivity contribution in [1.82, 2.24) is 14.5 Å². The van der Waals surface area contributed by atoms with Crippen LogP contribution < -0.4 is 5.32 Å². The van der Waals surface area contributed by atoms with Gasteiger partial charge in [0.15, 0.2) is 0 Å². The predicted octanol–water partition coefficient (Wildman–Crippen LogP) is 2.00. The maximum Gasteiger partial charge on any atom is 0.247 e. The molecule has 1 heterocycles. The maximum atomic E-state index is 13.2. The normalized spacial score (nSPS) is 20.2. The third-order valence-electron chi connectivity index (χ3n) is 5.31. The van der Waals surface area contributed by atoms with E-state index in [9.17, 15) is 18.0 Å². The van der Waals surface area contributed by atoms with E-state index in [1.165, 1.54) is 17.0 Å². The van der Waals surface area contributed by atoms with Crippen LogP contribution in [0, 0.1) is 0 Å². The SMILES string of the molecule is CCCN1C(=O)CN(S(=O)(=O)c2ccccc2)C[C@]1(C)C(=O)NCc1ccccc1. The minimum atomic E-state index is -3.90. The van der Waals surface area contributed by atoms with Crippen molar-refractivity contribution in [2.45, 2.75) is 37.2 Å². The average molecular weight is 430 g/mol. The van der Waals surface area contributed by atoms with E-state index in [2.05, 4.69) is 5.32 Å². The highest BCUT2D eigenvalue weighted by molar-refractivity contribution is 7.89. The molecule has 7 nitrogen and oxygen atoms in total. The van der Waals surface area contributed by atoms with E-state index in [1.54, 1.807) is 25.1 Å². The zero-order chi connectivity index (χ0) is 21.8. The Morgan fingerprint density at radius 3 is 2.27 bits per heavy atom. The van der Waals surface area contributed by atoms with Crippen molar-refractivity contribution in [2.24, 2.45) is 0 Å². The molecule has 0 bridgehead atoms. The molecule has 0 unspecified atom stereocenters. The number of nitrogens with one attached hydrogen (secondary N) is 1. The molecule has 160 valence electrons. The fraction of sp³-hybridized carbons (Fsp3) is 0.364. The van der Waals surface area contributed by atoms with E-state index in [0.717, 1.165) is 9.87 Å². The minimum absolute atomic E-state index is 0.101. The van der Waals surface area contributed by atoms with Crippen molar-refractivity contribution >= 4 is 21.8 Å². The second kappa shape index (κ2) is 8.97. The molecule has 0 radical (unpaired) electrons. The van der Waals surface area contributed by atoms with Gasteiger partial charge in [0.05, 0.1) is 11.4 Å². The third kappa shape index (κ3) is 4.39. The summed E-state index contributed by atoms with van der Waals surface area (Å²) < 4.78 is 27.3. The highest BCUT2D eigenvalue weighted by atomic mass is 32.2. The summed E-state index contributed by atoms with van der Waals surface area (Å²) in [6.07, 6.45) is 0.665. The van der Waals surface area contributed by atoms with Crippen molar-refractivity contribution < 1.29 is 18.0 Å². The Kier molecular flexibility index (Phi) is 6.58. The molecule has 0 saturated carbocycles. The summed E-state index contributed by atoms with van der Waals surface area (Å²) in [7, 11) is -3.90. The topological polar surface area (TPSA) is 86.8 Å². The van der Waals surface area contributed by atoms with Crippen molar-refractivity contribution in [1.29, 1.82) is 0 Å². The van der Waals surface area contributed by atoms with Gasteiger partial charge in [0.1, 0.15) is 5.54 Å². The van der Waals surface area contributed by atoms with E-state index in [0.29, 0.717) is 19.5 Å². The van der Waals surface area contributed by atoms with E-state index in [4.69, 9.17) is 0 Å². The van der Waals surface area contributed by atoms with Crippen LogP contribution in [0.4, 0.5) is 0 Å². The molecule has 2 amide bonds. The van der Waals surface area contributed by atoms with Gasteiger partial charge in [0.2, 0.25) is 21.8 Å². The second-order valence-corrected chi connectivity index (χ2v) is 9.51. The number of benzene rings is 2. The van der Waals surface area contributed by atoms with Crippen molar-refractivity contribution in [3.63, 3.8) is 0 Å². The fourth-order valence-corrected chi connectivity index (χ4v) is 5.17. The van der Waals surface area contributed by atoms with Crippen LogP contribution in [0.1, 0.15) is 25.8 Å². The van der Waals surface area contributed by atoms with Crippen LogP contribution in [0.25, 0.3) is 0 Å². The van der Waals surface area contributed by atoms with E-state index in [1.807, 2.05) is 37.3 Å². The van der Waals surface area contributed by atoms with Crippen LogP contribution in [0.5, 0.6) is 0 Å². The lowest BCUT2D eigenvalue weighted by Crippen LogP contribution is -2.69. The molecule has 1 aliphatic rings. The Morgan fingerprint density at radius 2 is 1.67 bits per heavy atom. The number of piperazine rings is 1. The summed E-state index contributed by atoms with van der Waals surface area (Å²) in [6, 6.07) is 17.4. The lowest BCUT2D eigenvalue weighted by molar-refractivity contribution is -0.152. The Bertz CT molecular complexity index is 996. The molecule has 1 N–H and O–H groups in total. The number of hydrogen-bond donors (Lipinski definition) is 1. The zero-order valence-electron chi connectivity index (χ0n) is 17.2. The average Bonchev–Trinajstić information content (AvgIpc) is 2.75. The first kappa shape index (κ1) is 22.0. The number of amides is 2. The van der Waals surface area contributed by atoms with Crippen LogP contribution in [0.15, 0.2) is 65.6 Å². The molecule has 0 spiro atoms. The molecule has 1 saturated heterocycles. The molecule has 3 rings (SSSR count). The van der Waals surface area contributed by atoms with E-state index < -0.39 is 15.6 Å². The molecule has 2 aromatic carbocycles. The van der Waals surface area contributed by atoms with Crippen molar-refractivity contribution in [2.75, 3.05) is 19.6 Å². The number of sulfonamides is 1. The van der Waals surface area contributed by atoms with Gasteiger partial charge < -0.3 is 10.2 Å². The summed E-state index contributed by atoms with van der Waals surface area (Å²) in [6.45, 7) is 3.85. The summed E-state index contributed by atoms with van der Waals surface area (Å²) in [4.78, 5) is 27.7. The van der Waals surface area contributed by atoms with Gasteiger partial charge in [-0.2, -0.15) is 4.31 Å². The van der Waals surface area contributed by atoms with Gasteiger partial charge >= 0.3 is 0 Å². The van der Waals surface area contributed by atoms with Crippen LogP contribution >= 0.6 is 0 Å². The largest absolute Gasteiger partial charge is 0.350 e. The first-order valence-electron chi connectivity index (χ1n) is 9.97. The predicted molar refractivity (Wildman–Crippen MR) is 114 cm³/mol. The molecule has 0 aromatic heterocycles. The Morgan fingerprint density at radius 1 is 1.07 bits per heavy atom. The third-order valence-corrected chi connectivity index (χ3v) is 7.11. The summed E-state index contributed by atoms with van der Waals surface area (Å²) in [5.74, 6) is -0.749. The molecule has 2 aromatic rings. The van der Waals surface area contributed by atoms with Crippen LogP contribution in [0.2, 0.25) is 0 Å². The standard InChI is InChI=1S/C22H27N3O4S/c1-3-14-25-20(26)16-24(30(28,29)19-12-8-5-9-13-19)17-22(25,2)21(27)23-15-18-10-6-4-7-11-18/h4-13H,3,14-17H2,1-2H3,(H,23,27)/t22-/m1/s1. The summed E-state index contributed by atoms with van der Waals surface area (Å²) in [5.41, 5.74) is -0.380. The lowest BCUT2D eigenvalue weighted by atomic mass is 9.95. The second-order valence-electron chi connectivity index (χ2n) is 7.57. The highest BCUT2D eigenvalue weighted by Crippen LogP contribution is 2.28. The molecular formula is C22H27N3O4S. The summed E-state index contributed by atoms with van der Waals surface area (Å²) >= 11 is 0. The zero-order valence-corrected chi connectivity index (χ0v) is 18.1. The van der Waals surface area contributed by atoms with Gasteiger partial charge in [-0.1, -0.05) is 55.5 Å². The number of rotatable bonds is 7. The Hall–Kier alpha value is -2.71. The number of carbonyl (C=O) groups is 2. The lowest BCUT2D eigenvalue weighted by Gasteiger charge is -2.46. The highest BCUT2D eigenvalue weighted by Gasteiger charge is 2.49. The van der Waals surface area contributed by atoms with Crippen LogP contribution in [0.3, 0.4) is 0 Å². The minimum Gasteiger partial charge on any atom is -0.350 e. The molecule has 8 heteroatoms. The number of nitrogens with zero attached hydrogens (tertiary/aromatic N) is 2. The molecule has 1 aliphatic heterocycles.